The van der Waals surface area contributed by atoms with E-state index in [1.165, 1.54) is 0 Å². The van der Waals surface area contributed by atoms with Crippen LogP contribution in [0.3, 0.4) is 0 Å². The predicted octanol–water partition coefficient (Wildman–Crippen LogP) is 0.697. The maximum Gasteiger partial charge on any atom is 0.410 e. The number of amides is 1. The molecule has 0 aliphatic carbocycles. The summed E-state index contributed by atoms with van der Waals surface area (Å²) in [6.07, 6.45) is 1.64. The van der Waals surface area contributed by atoms with E-state index in [0.29, 0.717) is 13.1 Å². The van der Waals surface area contributed by atoms with Gasteiger partial charge in [0.2, 0.25) is 0 Å². The Bertz CT molecular complexity index is 228. The van der Waals surface area contributed by atoms with Crippen molar-refractivity contribution in [2.45, 2.75) is 18.4 Å². The Morgan fingerprint density at radius 2 is 2.21 bits per heavy atom. The highest BCUT2D eigenvalue weighted by Gasteiger charge is 2.45. The lowest BCUT2D eigenvalue weighted by Crippen LogP contribution is -2.38. The molecular weight excluding hydrogens is 202 g/mol. The van der Waals surface area contributed by atoms with E-state index in [2.05, 4.69) is 0 Å². The summed E-state index contributed by atoms with van der Waals surface area (Å²) in [5.41, 5.74) is -0.239. The van der Waals surface area contributed by atoms with E-state index >= 15 is 0 Å². The van der Waals surface area contributed by atoms with E-state index in [-0.39, 0.29) is 18.3 Å². The molecule has 0 aromatic rings. The largest absolute Gasteiger partial charge is 0.441 e. The van der Waals surface area contributed by atoms with Gasteiger partial charge < -0.3 is 14.7 Å². The van der Waals surface area contributed by atoms with Crippen LogP contribution in [0.5, 0.6) is 0 Å². The number of carbonyl (C=O) groups excluding carboxylic acids is 1. The van der Waals surface area contributed by atoms with Gasteiger partial charge in [0.1, 0.15) is 5.60 Å². The summed E-state index contributed by atoms with van der Waals surface area (Å²) in [7, 11) is 0. The van der Waals surface area contributed by atoms with Gasteiger partial charge in [0.05, 0.1) is 13.2 Å². The molecule has 2 rings (SSSR count). The molecule has 0 atom stereocenters. The molecule has 5 heteroatoms. The van der Waals surface area contributed by atoms with Crippen molar-refractivity contribution in [3.63, 3.8) is 0 Å². The van der Waals surface area contributed by atoms with E-state index in [9.17, 15) is 4.79 Å². The first-order valence-electron chi connectivity index (χ1n) is 4.92. The minimum atomic E-state index is -0.258. The van der Waals surface area contributed by atoms with Crippen molar-refractivity contribution in [3.05, 3.63) is 0 Å². The minimum Gasteiger partial charge on any atom is -0.441 e. The van der Waals surface area contributed by atoms with Crippen molar-refractivity contribution in [1.82, 2.24) is 4.90 Å². The van der Waals surface area contributed by atoms with Crippen LogP contribution in [0.15, 0.2) is 0 Å². The Morgan fingerprint density at radius 3 is 2.86 bits per heavy atom. The van der Waals surface area contributed by atoms with Crippen LogP contribution in [-0.2, 0) is 4.74 Å². The number of aliphatic hydroxyl groups is 1. The van der Waals surface area contributed by atoms with Gasteiger partial charge in [-0.05, 0) is 24.3 Å². The van der Waals surface area contributed by atoms with Crippen LogP contribution < -0.4 is 0 Å². The molecule has 2 heterocycles. The number of carbonyl (C=O) groups is 1. The summed E-state index contributed by atoms with van der Waals surface area (Å²) in [6, 6.07) is 0. The normalized spacial score (nSPS) is 25.5. The highest BCUT2D eigenvalue weighted by atomic mass is 32.2. The Kier molecular flexibility index (Phi) is 2.88. The van der Waals surface area contributed by atoms with Crippen LogP contribution in [0, 0.1) is 0 Å². The van der Waals surface area contributed by atoms with Crippen molar-refractivity contribution in [2.75, 3.05) is 31.2 Å². The molecule has 2 aliphatic heterocycles. The highest BCUT2D eigenvalue weighted by Crippen LogP contribution is 2.35. The topological polar surface area (TPSA) is 49.8 Å². The second-order valence-electron chi connectivity index (χ2n) is 3.81. The molecule has 2 aliphatic rings. The number of thioether (sulfide) groups is 1. The minimum absolute atomic E-state index is 0.0138. The van der Waals surface area contributed by atoms with Gasteiger partial charge in [0, 0.05) is 6.54 Å². The second-order valence-corrected chi connectivity index (χ2v) is 5.03. The van der Waals surface area contributed by atoms with Crippen molar-refractivity contribution in [3.8, 4) is 0 Å². The smallest absolute Gasteiger partial charge is 0.410 e. The second kappa shape index (κ2) is 3.98. The molecule has 0 saturated carbocycles. The molecule has 0 aromatic carbocycles. The number of hydrogen-bond acceptors (Lipinski definition) is 4. The quantitative estimate of drug-likeness (QED) is 0.739. The average Bonchev–Trinajstić information content (AvgIpc) is 2.45. The Labute approximate surface area is 87.6 Å². The molecule has 0 aromatic heterocycles. The van der Waals surface area contributed by atoms with E-state index in [1.54, 1.807) is 4.90 Å². The zero-order chi connectivity index (χ0) is 10.0. The standard InChI is InChI=1S/C9H15NO3S/c11-4-3-10-7-9(13-8(10)12)1-5-14-6-2-9/h11H,1-7H2. The van der Waals surface area contributed by atoms with Crippen molar-refractivity contribution < 1.29 is 14.6 Å². The lowest BCUT2D eigenvalue weighted by Gasteiger charge is -2.30. The molecule has 0 radical (unpaired) electrons. The molecule has 2 fully saturated rings. The summed E-state index contributed by atoms with van der Waals surface area (Å²) < 4.78 is 5.42. The summed E-state index contributed by atoms with van der Waals surface area (Å²) in [5, 5.41) is 8.78. The SMILES string of the molecule is O=C1OC2(CCSCC2)CN1CCO. The Balaban J connectivity index is 1.99. The molecule has 4 nitrogen and oxygen atoms in total. The fourth-order valence-electron chi connectivity index (χ4n) is 1.99. The number of nitrogens with zero attached hydrogens (tertiary/aromatic N) is 1. The number of aliphatic hydroxyl groups excluding tert-OH is 1. The zero-order valence-electron chi connectivity index (χ0n) is 8.07. The monoisotopic (exact) mass is 217 g/mol. The van der Waals surface area contributed by atoms with Crippen LogP contribution >= 0.6 is 11.8 Å². The summed E-state index contributed by atoms with van der Waals surface area (Å²) in [5.74, 6) is 2.14. The molecule has 1 N–H and O–H groups in total. The van der Waals surface area contributed by atoms with Crippen LogP contribution in [0.25, 0.3) is 0 Å². The van der Waals surface area contributed by atoms with Gasteiger partial charge in [0.15, 0.2) is 0 Å². The third-order valence-corrected chi connectivity index (χ3v) is 3.80. The first-order valence-corrected chi connectivity index (χ1v) is 6.08. The molecular formula is C9H15NO3S. The van der Waals surface area contributed by atoms with Crippen molar-refractivity contribution in [2.24, 2.45) is 0 Å². The van der Waals surface area contributed by atoms with Crippen LogP contribution in [0.1, 0.15) is 12.8 Å². The fraction of sp³-hybridized carbons (Fsp3) is 0.889. The summed E-state index contributed by atoms with van der Waals surface area (Å²) in [6.45, 7) is 1.07. The number of rotatable bonds is 2. The van der Waals surface area contributed by atoms with E-state index in [0.717, 1.165) is 24.3 Å². The number of β-amino-alcohol motifs (C(OH)–C–C–N with tert-alkyl or cyclic N) is 1. The fourth-order valence-corrected chi connectivity index (χ4v) is 3.23. The first kappa shape index (κ1) is 10.1. The molecule has 2 saturated heterocycles. The van der Waals surface area contributed by atoms with Gasteiger partial charge in [0.25, 0.3) is 0 Å². The Morgan fingerprint density at radius 1 is 1.50 bits per heavy atom. The number of ether oxygens (including phenoxy) is 1. The van der Waals surface area contributed by atoms with Gasteiger partial charge in [-0.25, -0.2) is 4.79 Å². The lowest BCUT2D eigenvalue weighted by atomic mass is 9.97. The molecule has 80 valence electrons. The molecule has 1 spiro atoms. The predicted molar refractivity (Wildman–Crippen MR) is 54.4 cm³/mol. The third-order valence-electron chi connectivity index (χ3n) is 2.81. The first-order chi connectivity index (χ1) is 6.76. The van der Waals surface area contributed by atoms with Crippen LogP contribution in [0.2, 0.25) is 0 Å². The maximum atomic E-state index is 11.4. The third kappa shape index (κ3) is 1.83. The van der Waals surface area contributed by atoms with Gasteiger partial charge in [-0.3, -0.25) is 0 Å². The summed E-state index contributed by atoms with van der Waals surface area (Å²) >= 11 is 1.91. The van der Waals surface area contributed by atoms with Crippen LogP contribution in [-0.4, -0.2) is 52.9 Å². The van der Waals surface area contributed by atoms with Gasteiger partial charge in [-0.15, -0.1) is 0 Å². The van der Waals surface area contributed by atoms with Gasteiger partial charge in [-0.2, -0.15) is 11.8 Å². The van der Waals surface area contributed by atoms with Crippen molar-refractivity contribution in [1.29, 1.82) is 0 Å². The average molecular weight is 217 g/mol. The van der Waals surface area contributed by atoms with E-state index < -0.39 is 0 Å². The molecule has 14 heavy (non-hydrogen) atoms. The highest BCUT2D eigenvalue weighted by molar-refractivity contribution is 7.99. The Hall–Kier alpha value is -0.420. The van der Waals surface area contributed by atoms with Crippen LogP contribution in [0.4, 0.5) is 4.79 Å². The lowest BCUT2D eigenvalue weighted by molar-refractivity contribution is 0.0502. The molecule has 0 bridgehead atoms. The molecule has 1 amide bonds. The number of hydrogen-bond donors (Lipinski definition) is 1. The van der Waals surface area contributed by atoms with E-state index in [1.807, 2.05) is 11.8 Å². The molecule has 0 unspecified atom stereocenters. The maximum absolute atomic E-state index is 11.4. The van der Waals surface area contributed by atoms with Gasteiger partial charge in [-0.1, -0.05) is 0 Å². The van der Waals surface area contributed by atoms with Crippen molar-refractivity contribution >= 4 is 17.9 Å². The van der Waals surface area contributed by atoms with Gasteiger partial charge >= 0.3 is 6.09 Å². The zero-order valence-corrected chi connectivity index (χ0v) is 8.89. The van der Waals surface area contributed by atoms with E-state index in [4.69, 9.17) is 9.84 Å². The summed E-state index contributed by atoms with van der Waals surface area (Å²) in [4.78, 5) is 13.0.